The molecule has 1 amide bonds. The molecule has 1 fully saturated rings. The van der Waals surface area contributed by atoms with Gasteiger partial charge < -0.3 is 15.0 Å². The van der Waals surface area contributed by atoms with E-state index >= 15 is 4.39 Å². The van der Waals surface area contributed by atoms with Gasteiger partial charge in [0.05, 0.1) is 12.2 Å². The molecule has 3 heterocycles. The average molecular weight is 381 g/mol. The predicted octanol–water partition coefficient (Wildman–Crippen LogP) is 4.20. The maximum atomic E-state index is 15.1. The largest absolute Gasteiger partial charge is 0.445 e. The molecule has 146 valence electrons. The van der Waals surface area contributed by atoms with E-state index in [4.69, 9.17) is 4.74 Å². The normalized spacial score (nSPS) is 21.4. The Hall–Kier alpha value is -2.89. The molecular formula is C22H24FN3O2. The lowest BCUT2D eigenvalue weighted by molar-refractivity contribution is 0.0988. The van der Waals surface area contributed by atoms with Crippen molar-refractivity contribution in [1.82, 2.24) is 9.88 Å². The van der Waals surface area contributed by atoms with Gasteiger partial charge in [-0.25, -0.2) is 14.2 Å². The lowest BCUT2D eigenvalue weighted by atomic mass is 10.0. The number of nitrogens with zero attached hydrogens (tertiary/aromatic N) is 2. The Labute approximate surface area is 164 Å². The number of nitrogens with one attached hydrogen (secondary N) is 1. The van der Waals surface area contributed by atoms with Gasteiger partial charge in [0.1, 0.15) is 18.1 Å². The highest BCUT2D eigenvalue weighted by molar-refractivity contribution is 5.68. The number of ether oxygens (including phenoxy) is 1. The Morgan fingerprint density at radius 2 is 2.14 bits per heavy atom. The van der Waals surface area contributed by atoms with Gasteiger partial charge in [0, 0.05) is 19.5 Å². The lowest BCUT2D eigenvalue weighted by Crippen LogP contribution is -2.32. The number of amides is 1. The van der Waals surface area contributed by atoms with Crippen LogP contribution in [0.5, 0.6) is 0 Å². The number of alkyl halides is 1. The third kappa shape index (κ3) is 4.32. The third-order valence-corrected chi connectivity index (χ3v) is 5.18. The highest BCUT2D eigenvalue weighted by Gasteiger charge is 2.38. The van der Waals surface area contributed by atoms with E-state index in [1.54, 1.807) is 6.08 Å². The molecule has 6 heteroatoms. The second-order valence-electron chi connectivity index (χ2n) is 7.35. The number of hydrogen-bond donors (Lipinski definition) is 1. The first kappa shape index (κ1) is 18.5. The zero-order valence-corrected chi connectivity index (χ0v) is 15.7. The number of aromatic nitrogens is 1. The fourth-order valence-electron chi connectivity index (χ4n) is 3.57. The first-order chi connectivity index (χ1) is 13.6. The first-order valence-electron chi connectivity index (χ1n) is 9.69. The van der Waals surface area contributed by atoms with Crippen LogP contribution in [-0.2, 0) is 17.8 Å². The van der Waals surface area contributed by atoms with Crippen molar-refractivity contribution in [2.45, 2.75) is 31.5 Å². The quantitative estimate of drug-likeness (QED) is 0.862. The van der Waals surface area contributed by atoms with Gasteiger partial charge in [-0.05, 0) is 42.2 Å². The Kier molecular flexibility index (Phi) is 5.28. The van der Waals surface area contributed by atoms with E-state index in [9.17, 15) is 4.79 Å². The monoisotopic (exact) mass is 381 g/mol. The van der Waals surface area contributed by atoms with Crippen LogP contribution in [0.15, 0.2) is 48.5 Å². The summed E-state index contributed by atoms with van der Waals surface area (Å²) in [5, 5.41) is 3.28. The fraction of sp³-hybridized carbons (Fsp3) is 0.364. The number of aryl methyl sites for hydroxylation is 1. The van der Waals surface area contributed by atoms with Crippen molar-refractivity contribution in [3.05, 3.63) is 65.4 Å². The third-order valence-electron chi connectivity index (χ3n) is 5.18. The zero-order valence-electron chi connectivity index (χ0n) is 15.7. The van der Waals surface area contributed by atoms with Gasteiger partial charge in [-0.3, -0.25) is 0 Å². The summed E-state index contributed by atoms with van der Waals surface area (Å²) in [7, 11) is 0. The number of anilines is 1. The number of carbonyl (C=O) groups excluding carboxylic acids is 1. The summed E-state index contributed by atoms with van der Waals surface area (Å²) < 4.78 is 20.4. The molecule has 0 aliphatic carbocycles. The minimum atomic E-state index is -1.56. The molecule has 1 aromatic carbocycles. The molecule has 1 saturated heterocycles. The number of halogens is 1. The van der Waals surface area contributed by atoms with Gasteiger partial charge in [-0.15, -0.1) is 0 Å². The highest BCUT2D eigenvalue weighted by atomic mass is 19.1. The van der Waals surface area contributed by atoms with E-state index in [0.29, 0.717) is 6.54 Å². The standard InChI is InChI=1S/C22H24FN3O2/c23-22(11-10-19-9-8-18-7-4-13-24-20(18)25-19)12-14-26(16-22)21(27)28-15-17-5-2-1-3-6-17/h1-3,5-6,8-11H,4,7,12-16H2,(H,24,25)/b11-10+. The van der Waals surface area contributed by atoms with E-state index in [1.165, 1.54) is 16.5 Å². The summed E-state index contributed by atoms with van der Waals surface area (Å²) >= 11 is 0. The second-order valence-corrected chi connectivity index (χ2v) is 7.35. The molecule has 2 aliphatic heterocycles. The number of pyridine rings is 1. The van der Waals surface area contributed by atoms with Gasteiger partial charge >= 0.3 is 6.09 Å². The van der Waals surface area contributed by atoms with Crippen LogP contribution >= 0.6 is 0 Å². The lowest BCUT2D eigenvalue weighted by Gasteiger charge is -2.18. The summed E-state index contributed by atoms with van der Waals surface area (Å²) in [5.41, 5.74) is 1.27. The van der Waals surface area contributed by atoms with E-state index in [1.807, 2.05) is 42.5 Å². The number of hydrogen-bond acceptors (Lipinski definition) is 4. The molecule has 0 radical (unpaired) electrons. The molecule has 2 aliphatic rings. The Balaban J connectivity index is 1.34. The maximum Gasteiger partial charge on any atom is 0.410 e. The molecule has 1 N–H and O–H groups in total. The molecule has 0 spiro atoms. The summed E-state index contributed by atoms with van der Waals surface area (Å²) in [5.74, 6) is 0.888. The van der Waals surface area contributed by atoms with Crippen molar-refractivity contribution in [2.75, 3.05) is 25.0 Å². The Morgan fingerprint density at radius 3 is 3.00 bits per heavy atom. The van der Waals surface area contributed by atoms with Crippen LogP contribution in [0.3, 0.4) is 0 Å². The van der Waals surface area contributed by atoms with Crippen LogP contribution in [0.1, 0.15) is 29.7 Å². The molecule has 1 aromatic heterocycles. The predicted molar refractivity (Wildman–Crippen MR) is 107 cm³/mol. The van der Waals surface area contributed by atoms with Crippen molar-refractivity contribution >= 4 is 18.0 Å². The smallest absolute Gasteiger partial charge is 0.410 e. The van der Waals surface area contributed by atoms with E-state index in [-0.39, 0.29) is 19.6 Å². The molecule has 5 nitrogen and oxygen atoms in total. The van der Waals surface area contributed by atoms with Crippen LogP contribution in [0.25, 0.3) is 6.08 Å². The van der Waals surface area contributed by atoms with Crippen molar-refractivity contribution in [1.29, 1.82) is 0 Å². The summed E-state index contributed by atoms with van der Waals surface area (Å²) in [6.45, 7) is 1.45. The van der Waals surface area contributed by atoms with Crippen molar-refractivity contribution in [3.63, 3.8) is 0 Å². The average Bonchev–Trinajstić information content (AvgIpc) is 3.14. The van der Waals surface area contributed by atoms with E-state index in [0.717, 1.165) is 36.5 Å². The van der Waals surface area contributed by atoms with Crippen LogP contribution < -0.4 is 5.32 Å². The number of rotatable bonds is 4. The SMILES string of the molecule is O=C(OCc1ccccc1)N1CCC(F)(/C=C/c2ccc3c(n2)NCCC3)C1. The molecule has 1 atom stereocenters. The minimum absolute atomic E-state index is 0.000311. The van der Waals surface area contributed by atoms with Gasteiger partial charge in [-0.2, -0.15) is 0 Å². The molecule has 1 unspecified atom stereocenters. The van der Waals surface area contributed by atoms with Crippen LogP contribution in [0.2, 0.25) is 0 Å². The fourth-order valence-corrected chi connectivity index (χ4v) is 3.57. The van der Waals surface area contributed by atoms with Gasteiger partial charge in [0.2, 0.25) is 0 Å². The van der Waals surface area contributed by atoms with Gasteiger partial charge in [0.25, 0.3) is 0 Å². The van der Waals surface area contributed by atoms with Crippen LogP contribution in [-0.4, -0.2) is 41.3 Å². The first-order valence-corrected chi connectivity index (χ1v) is 9.69. The number of likely N-dealkylation sites (tertiary alicyclic amines) is 1. The zero-order chi connectivity index (χ0) is 19.4. The minimum Gasteiger partial charge on any atom is -0.445 e. The number of fused-ring (bicyclic) bond motifs is 1. The van der Waals surface area contributed by atoms with Crippen molar-refractivity contribution in [3.8, 4) is 0 Å². The van der Waals surface area contributed by atoms with Crippen LogP contribution in [0.4, 0.5) is 15.0 Å². The van der Waals surface area contributed by atoms with E-state index < -0.39 is 11.8 Å². The molecular weight excluding hydrogens is 357 g/mol. The van der Waals surface area contributed by atoms with Gasteiger partial charge in [0.15, 0.2) is 0 Å². The van der Waals surface area contributed by atoms with Crippen LogP contribution in [0, 0.1) is 0 Å². The van der Waals surface area contributed by atoms with E-state index in [2.05, 4.69) is 10.3 Å². The Morgan fingerprint density at radius 1 is 1.29 bits per heavy atom. The molecule has 0 bridgehead atoms. The maximum absolute atomic E-state index is 15.1. The summed E-state index contributed by atoms with van der Waals surface area (Å²) in [6, 6.07) is 13.4. The topological polar surface area (TPSA) is 54.5 Å². The summed E-state index contributed by atoms with van der Waals surface area (Å²) in [4.78, 5) is 18.2. The molecule has 4 rings (SSSR count). The number of benzene rings is 1. The Bertz CT molecular complexity index is 871. The van der Waals surface area contributed by atoms with Gasteiger partial charge in [-0.1, -0.05) is 36.4 Å². The molecule has 0 saturated carbocycles. The second kappa shape index (κ2) is 8.00. The van der Waals surface area contributed by atoms with Crippen molar-refractivity contribution < 1.29 is 13.9 Å². The highest BCUT2D eigenvalue weighted by Crippen LogP contribution is 2.29. The molecule has 2 aromatic rings. The summed E-state index contributed by atoms with van der Waals surface area (Å²) in [6.07, 6.45) is 5.13. The number of carbonyl (C=O) groups is 1. The molecule has 28 heavy (non-hydrogen) atoms. The van der Waals surface area contributed by atoms with Crippen molar-refractivity contribution in [2.24, 2.45) is 0 Å².